The van der Waals surface area contributed by atoms with Gasteiger partial charge in [0.25, 0.3) is 11.4 Å². The molecule has 41 heavy (non-hydrogen) atoms. The van der Waals surface area contributed by atoms with Gasteiger partial charge in [0.2, 0.25) is 11.8 Å². The molecule has 2 aromatic carbocycles. The summed E-state index contributed by atoms with van der Waals surface area (Å²) >= 11 is 5.64. The number of carbonyl (C=O) groups is 2. The molecular weight excluding hydrogens is 550 g/mol. The number of nitrogens with zero attached hydrogens (tertiary/aromatic N) is 5. The van der Waals surface area contributed by atoms with Crippen molar-refractivity contribution in [2.75, 3.05) is 48.4 Å². The molecule has 0 bridgehead atoms. The summed E-state index contributed by atoms with van der Waals surface area (Å²) in [7, 11) is 0. The second kappa shape index (κ2) is 14.4. The van der Waals surface area contributed by atoms with Crippen LogP contribution >= 0.6 is 11.6 Å². The molecule has 5 rings (SSSR count). The molecule has 0 spiro atoms. The molecule has 3 aliphatic heterocycles. The lowest BCUT2D eigenvalue weighted by Gasteiger charge is -2.31. The molecule has 12 heteroatoms. The summed E-state index contributed by atoms with van der Waals surface area (Å²) in [5, 5.41) is 21.6. The van der Waals surface area contributed by atoms with Crippen molar-refractivity contribution in [3.8, 4) is 0 Å². The molecule has 0 atom stereocenters. The minimum Gasteiger partial charge on any atom is -0.312 e. The fourth-order valence-corrected chi connectivity index (χ4v) is 5.78. The highest BCUT2D eigenvalue weighted by molar-refractivity contribution is 6.17. The van der Waals surface area contributed by atoms with Crippen molar-refractivity contribution in [3.63, 3.8) is 0 Å². The Morgan fingerprint density at radius 1 is 0.683 bits per heavy atom. The Balaban J connectivity index is 0.000000195. The van der Waals surface area contributed by atoms with E-state index in [0.29, 0.717) is 51.1 Å². The van der Waals surface area contributed by atoms with Crippen molar-refractivity contribution >= 4 is 46.2 Å². The molecule has 0 unspecified atom stereocenters. The molecule has 220 valence electrons. The Labute approximate surface area is 244 Å². The first kappa shape index (κ1) is 30.4. The summed E-state index contributed by atoms with van der Waals surface area (Å²) in [6, 6.07) is 9.47. The molecule has 2 aromatic rings. The number of nitro groups is 2. The maximum atomic E-state index is 12.2. The van der Waals surface area contributed by atoms with Crippen molar-refractivity contribution in [3.05, 3.63) is 67.8 Å². The number of piperidine rings is 1. The SMILES string of the molecule is O=C1CCc2cc([N+](=O)[O-])ccc2N1CCCCl.O=C1CCc2cc([N+](=O)[O-])ccc2N1CCCN1CCCCC1. The highest BCUT2D eigenvalue weighted by atomic mass is 35.5. The van der Waals surface area contributed by atoms with Gasteiger partial charge in [-0.3, -0.25) is 29.8 Å². The van der Waals surface area contributed by atoms with Gasteiger partial charge in [0.15, 0.2) is 0 Å². The monoisotopic (exact) mass is 585 g/mol. The molecule has 2 amide bonds. The van der Waals surface area contributed by atoms with Gasteiger partial charge in [0, 0.05) is 67.5 Å². The van der Waals surface area contributed by atoms with E-state index in [1.807, 2.05) is 4.90 Å². The van der Waals surface area contributed by atoms with Gasteiger partial charge in [0.1, 0.15) is 0 Å². The predicted octanol–water partition coefficient (Wildman–Crippen LogP) is 5.25. The number of hydrogen-bond acceptors (Lipinski definition) is 7. The number of aryl methyl sites for hydroxylation is 2. The van der Waals surface area contributed by atoms with Crippen LogP contribution in [0, 0.1) is 20.2 Å². The molecule has 0 aromatic heterocycles. The van der Waals surface area contributed by atoms with Crippen LogP contribution in [0.1, 0.15) is 56.1 Å². The third kappa shape index (κ3) is 7.80. The molecule has 1 fully saturated rings. The molecule has 11 nitrogen and oxygen atoms in total. The number of amides is 2. The average Bonchev–Trinajstić information content (AvgIpc) is 2.98. The molecule has 0 saturated carbocycles. The van der Waals surface area contributed by atoms with Crippen LogP contribution in [-0.2, 0) is 22.4 Å². The molecule has 1 saturated heterocycles. The number of nitro benzene ring substituents is 2. The lowest BCUT2D eigenvalue weighted by Crippen LogP contribution is -2.38. The predicted molar refractivity (Wildman–Crippen MR) is 158 cm³/mol. The van der Waals surface area contributed by atoms with E-state index in [1.54, 1.807) is 29.2 Å². The first-order chi connectivity index (χ1) is 19.8. The Morgan fingerprint density at radius 3 is 1.63 bits per heavy atom. The minimum atomic E-state index is -0.417. The maximum absolute atomic E-state index is 12.2. The van der Waals surface area contributed by atoms with Crippen molar-refractivity contribution in [1.29, 1.82) is 0 Å². The molecule has 0 radical (unpaired) electrons. The van der Waals surface area contributed by atoms with Gasteiger partial charge < -0.3 is 14.7 Å². The van der Waals surface area contributed by atoms with Crippen LogP contribution in [0.3, 0.4) is 0 Å². The summed E-state index contributed by atoms with van der Waals surface area (Å²) in [4.78, 5) is 50.8. The Morgan fingerprint density at radius 2 is 1.17 bits per heavy atom. The third-order valence-corrected chi connectivity index (χ3v) is 8.04. The zero-order valence-corrected chi connectivity index (χ0v) is 23.9. The number of fused-ring (bicyclic) bond motifs is 2. The third-order valence-electron chi connectivity index (χ3n) is 7.77. The molecular formula is C29H36ClN5O6. The molecule has 0 N–H and O–H groups in total. The number of alkyl halides is 1. The van der Waals surface area contributed by atoms with Crippen molar-refractivity contribution in [2.45, 2.75) is 57.8 Å². The minimum absolute atomic E-state index is 0.0569. The van der Waals surface area contributed by atoms with E-state index in [-0.39, 0.29) is 28.1 Å². The number of likely N-dealkylation sites (tertiary alicyclic amines) is 1. The summed E-state index contributed by atoms with van der Waals surface area (Å²) in [5.74, 6) is 0.679. The number of anilines is 2. The smallest absolute Gasteiger partial charge is 0.269 e. The van der Waals surface area contributed by atoms with Crippen molar-refractivity contribution in [1.82, 2.24) is 4.90 Å². The maximum Gasteiger partial charge on any atom is 0.269 e. The second-order valence-electron chi connectivity index (χ2n) is 10.5. The summed E-state index contributed by atoms with van der Waals surface area (Å²) < 4.78 is 0. The van der Waals surface area contributed by atoms with Gasteiger partial charge >= 0.3 is 0 Å². The Hall–Kier alpha value is -3.57. The van der Waals surface area contributed by atoms with E-state index in [1.165, 1.54) is 31.4 Å². The molecule has 3 aliphatic rings. The number of hydrogen-bond donors (Lipinski definition) is 0. The van der Waals surface area contributed by atoms with Gasteiger partial charge in [0.05, 0.1) is 9.85 Å². The van der Waals surface area contributed by atoms with E-state index in [9.17, 15) is 29.8 Å². The van der Waals surface area contributed by atoms with Crippen LogP contribution < -0.4 is 9.80 Å². The van der Waals surface area contributed by atoms with Gasteiger partial charge in [-0.05, 0) is 81.4 Å². The number of carbonyl (C=O) groups excluding carboxylic acids is 2. The normalized spacial score (nSPS) is 16.9. The largest absolute Gasteiger partial charge is 0.312 e. The molecule has 3 heterocycles. The lowest BCUT2D eigenvalue weighted by atomic mass is 10.00. The van der Waals surface area contributed by atoms with E-state index >= 15 is 0 Å². The fourth-order valence-electron chi connectivity index (χ4n) is 5.66. The van der Waals surface area contributed by atoms with E-state index < -0.39 is 4.92 Å². The van der Waals surface area contributed by atoms with Crippen LogP contribution in [0.2, 0.25) is 0 Å². The Bertz CT molecular complexity index is 1280. The number of rotatable bonds is 9. The van der Waals surface area contributed by atoms with Crippen molar-refractivity contribution < 1.29 is 19.4 Å². The number of non-ortho nitro benzene ring substituents is 2. The first-order valence-corrected chi connectivity index (χ1v) is 14.8. The topological polar surface area (TPSA) is 130 Å². The van der Waals surface area contributed by atoms with Crippen LogP contribution in [0.25, 0.3) is 0 Å². The summed E-state index contributed by atoms with van der Waals surface area (Å²) in [6.45, 7) is 4.60. The van der Waals surface area contributed by atoms with Crippen LogP contribution in [0.5, 0.6) is 0 Å². The summed E-state index contributed by atoms with van der Waals surface area (Å²) in [6.07, 6.45) is 7.53. The van der Waals surface area contributed by atoms with E-state index in [4.69, 9.17) is 11.6 Å². The second-order valence-corrected chi connectivity index (χ2v) is 10.9. The van der Waals surface area contributed by atoms with Crippen molar-refractivity contribution in [2.24, 2.45) is 0 Å². The van der Waals surface area contributed by atoms with Gasteiger partial charge in [-0.2, -0.15) is 0 Å². The first-order valence-electron chi connectivity index (χ1n) is 14.2. The zero-order chi connectivity index (χ0) is 29.4. The van der Waals surface area contributed by atoms with Crippen LogP contribution in [-0.4, -0.2) is 65.2 Å². The van der Waals surface area contributed by atoms with E-state index in [0.717, 1.165) is 48.6 Å². The highest BCUT2D eigenvalue weighted by Crippen LogP contribution is 2.32. The average molecular weight is 586 g/mol. The van der Waals surface area contributed by atoms with Gasteiger partial charge in [-0.1, -0.05) is 6.42 Å². The highest BCUT2D eigenvalue weighted by Gasteiger charge is 2.26. The van der Waals surface area contributed by atoms with Gasteiger partial charge in [-0.25, -0.2) is 0 Å². The fraction of sp³-hybridized carbons (Fsp3) is 0.517. The Kier molecular flexibility index (Phi) is 10.6. The lowest BCUT2D eigenvalue weighted by molar-refractivity contribution is -0.385. The molecule has 0 aliphatic carbocycles. The van der Waals surface area contributed by atoms with E-state index in [2.05, 4.69) is 4.90 Å². The summed E-state index contributed by atoms with van der Waals surface area (Å²) in [5.41, 5.74) is 3.58. The van der Waals surface area contributed by atoms with Gasteiger partial charge in [-0.15, -0.1) is 11.6 Å². The zero-order valence-electron chi connectivity index (χ0n) is 23.1. The number of halogens is 1. The van der Waals surface area contributed by atoms with Crippen LogP contribution in [0.15, 0.2) is 36.4 Å². The quantitative estimate of drug-likeness (QED) is 0.223. The van der Waals surface area contributed by atoms with Crippen LogP contribution in [0.4, 0.5) is 22.7 Å². The number of benzene rings is 2. The standard InChI is InChI=1S/C17H23N3O3.C12H13ClN2O3/c21-17-8-5-14-13-15(20(22)23)6-7-16(14)19(17)12-4-11-18-9-2-1-3-10-18;13-6-1-7-14-11-4-3-10(15(17)18)8-9(11)2-5-12(14)16/h6-7,13H,1-5,8-12H2;3-4,8H,1-2,5-7H2.